The van der Waals surface area contributed by atoms with Crippen molar-refractivity contribution in [2.24, 2.45) is 0 Å². The lowest BCUT2D eigenvalue weighted by Crippen LogP contribution is -2.37. The number of nitrogens with zero attached hydrogens (tertiary/aromatic N) is 1. The van der Waals surface area contributed by atoms with Crippen molar-refractivity contribution in [3.63, 3.8) is 0 Å². The molecule has 2 rings (SSSR count). The first-order valence-electron chi connectivity index (χ1n) is 6.82. The second kappa shape index (κ2) is 7.17. The summed E-state index contributed by atoms with van der Waals surface area (Å²) in [6, 6.07) is 6.78. The first kappa shape index (κ1) is 13.9. The van der Waals surface area contributed by atoms with Crippen LogP contribution in [0.5, 0.6) is 0 Å². The zero-order chi connectivity index (χ0) is 12.8. The monoisotopic (exact) mass is 264 g/mol. The average molecular weight is 264 g/mol. The third-order valence-electron chi connectivity index (χ3n) is 3.32. The summed E-state index contributed by atoms with van der Waals surface area (Å²) >= 11 is 2.08. The third kappa shape index (κ3) is 4.63. The van der Waals surface area contributed by atoms with Crippen molar-refractivity contribution in [1.29, 1.82) is 0 Å². The predicted octanol–water partition coefficient (Wildman–Crippen LogP) is 2.44. The van der Waals surface area contributed by atoms with Crippen LogP contribution in [-0.2, 0) is 6.54 Å². The molecule has 18 heavy (non-hydrogen) atoms. The molecule has 0 saturated carbocycles. The fourth-order valence-corrected chi connectivity index (χ4v) is 3.44. The van der Waals surface area contributed by atoms with Crippen LogP contribution in [0.3, 0.4) is 0 Å². The predicted molar refractivity (Wildman–Crippen MR) is 81.4 cm³/mol. The summed E-state index contributed by atoms with van der Waals surface area (Å²) in [5.74, 6) is 2.61. The normalized spacial score (nSPS) is 17.0. The average Bonchev–Trinajstić information content (AvgIpc) is 2.35. The van der Waals surface area contributed by atoms with Gasteiger partial charge in [0.15, 0.2) is 0 Å². The molecule has 0 bridgehead atoms. The maximum atomic E-state index is 3.55. The molecule has 1 aromatic carbocycles. The van der Waals surface area contributed by atoms with E-state index >= 15 is 0 Å². The van der Waals surface area contributed by atoms with Gasteiger partial charge < -0.3 is 10.2 Å². The molecule has 0 atom stereocenters. The molecule has 0 amide bonds. The van der Waals surface area contributed by atoms with Crippen LogP contribution in [0.1, 0.15) is 16.7 Å². The number of hydrogen-bond donors (Lipinski definition) is 1. The van der Waals surface area contributed by atoms with E-state index in [0.29, 0.717) is 0 Å². The van der Waals surface area contributed by atoms with E-state index < -0.39 is 0 Å². The Hall–Kier alpha value is -0.510. The van der Waals surface area contributed by atoms with Gasteiger partial charge in [-0.15, -0.1) is 0 Å². The van der Waals surface area contributed by atoms with E-state index in [4.69, 9.17) is 0 Å². The van der Waals surface area contributed by atoms with Gasteiger partial charge in [0.2, 0.25) is 0 Å². The van der Waals surface area contributed by atoms with E-state index in [1.165, 1.54) is 47.8 Å². The Kier molecular flexibility index (Phi) is 5.54. The molecular formula is C15H24N2S. The summed E-state index contributed by atoms with van der Waals surface area (Å²) in [4.78, 5) is 2.56. The summed E-state index contributed by atoms with van der Waals surface area (Å²) in [6.45, 7) is 10.1. The minimum Gasteiger partial charge on any atom is -0.311 e. The summed E-state index contributed by atoms with van der Waals surface area (Å²) in [7, 11) is 0. The molecule has 2 nitrogen and oxygen atoms in total. The molecule has 1 N–H and O–H groups in total. The van der Waals surface area contributed by atoms with Crippen molar-refractivity contribution in [3.05, 3.63) is 34.9 Å². The quantitative estimate of drug-likeness (QED) is 0.822. The van der Waals surface area contributed by atoms with Crippen LogP contribution in [0.4, 0.5) is 0 Å². The van der Waals surface area contributed by atoms with Gasteiger partial charge in [0.25, 0.3) is 0 Å². The molecule has 100 valence electrons. The molecular weight excluding hydrogens is 240 g/mol. The van der Waals surface area contributed by atoms with E-state index in [1.54, 1.807) is 0 Å². The van der Waals surface area contributed by atoms with Crippen LogP contribution >= 0.6 is 11.8 Å². The van der Waals surface area contributed by atoms with E-state index in [9.17, 15) is 0 Å². The summed E-state index contributed by atoms with van der Waals surface area (Å²) < 4.78 is 0. The van der Waals surface area contributed by atoms with Crippen molar-refractivity contribution in [3.8, 4) is 0 Å². The van der Waals surface area contributed by atoms with Gasteiger partial charge >= 0.3 is 0 Å². The van der Waals surface area contributed by atoms with Crippen molar-refractivity contribution >= 4 is 11.8 Å². The first-order chi connectivity index (χ1) is 8.74. The highest BCUT2D eigenvalue weighted by atomic mass is 32.2. The maximum Gasteiger partial charge on any atom is 0.0206 e. The standard InChI is InChI=1S/C15H24N2S/c1-13-9-14(2)11-15(10-13)12-16-3-4-17-5-7-18-8-6-17/h9-11,16H,3-8,12H2,1-2H3. The van der Waals surface area contributed by atoms with Gasteiger partial charge in [-0.3, -0.25) is 0 Å². The summed E-state index contributed by atoms with van der Waals surface area (Å²) in [5.41, 5.74) is 4.13. The van der Waals surface area contributed by atoms with Gasteiger partial charge in [-0.05, 0) is 19.4 Å². The molecule has 3 heteroatoms. The van der Waals surface area contributed by atoms with E-state index in [2.05, 4.69) is 54.0 Å². The topological polar surface area (TPSA) is 15.3 Å². The Labute approximate surface area is 115 Å². The lowest BCUT2D eigenvalue weighted by atomic mass is 10.1. The van der Waals surface area contributed by atoms with Crippen LogP contribution < -0.4 is 5.32 Å². The van der Waals surface area contributed by atoms with Crippen LogP contribution in [0.25, 0.3) is 0 Å². The summed E-state index contributed by atoms with van der Waals surface area (Å²) in [6.07, 6.45) is 0. The molecule has 1 aliphatic heterocycles. The Morgan fingerprint density at radius 1 is 1.11 bits per heavy atom. The smallest absolute Gasteiger partial charge is 0.0206 e. The molecule has 0 radical (unpaired) electrons. The Morgan fingerprint density at radius 3 is 2.44 bits per heavy atom. The molecule has 0 aromatic heterocycles. The molecule has 0 aliphatic carbocycles. The Balaban J connectivity index is 1.68. The van der Waals surface area contributed by atoms with Gasteiger partial charge in [-0.25, -0.2) is 0 Å². The van der Waals surface area contributed by atoms with Gasteiger partial charge in [-0.1, -0.05) is 29.3 Å². The molecule has 1 aliphatic rings. The zero-order valence-corrected chi connectivity index (χ0v) is 12.4. The highest BCUT2D eigenvalue weighted by molar-refractivity contribution is 7.99. The van der Waals surface area contributed by atoms with Crippen LogP contribution in [-0.4, -0.2) is 42.6 Å². The van der Waals surface area contributed by atoms with E-state index in [-0.39, 0.29) is 0 Å². The fraction of sp³-hybridized carbons (Fsp3) is 0.600. The van der Waals surface area contributed by atoms with Crippen molar-refractivity contribution in [2.45, 2.75) is 20.4 Å². The first-order valence-corrected chi connectivity index (χ1v) is 7.97. The minimum atomic E-state index is 0.991. The molecule has 1 aromatic rings. The second-order valence-corrected chi connectivity index (χ2v) is 6.35. The Morgan fingerprint density at radius 2 is 1.78 bits per heavy atom. The highest BCUT2D eigenvalue weighted by Crippen LogP contribution is 2.09. The minimum absolute atomic E-state index is 0.991. The van der Waals surface area contributed by atoms with E-state index in [0.717, 1.165) is 13.1 Å². The van der Waals surface area contributed by atoms with Gasteiger partial charge in [0.05, 0.1) is 0 Å². The number of nitrogens with one attached hydrogen (secondary N) is 1. The fourth-order valence-electron chi connectivity index (χ4n) is 2.47. The van der Waals surface area contributed by atoms with Crippen molar-refractivity contribution < 1.29 is 0 Å². The summed E-state index contributed by atoms with van der Waals surface area (Å²) in [5, 5.41) is 3.55. The molecule has 0 unspecified atom stereocenters. The number of aryl methyl sites for hydroxylation is 2. The van der Waals surface area contributed by atoms with Crippen LogP contribution in [0.2, 0.25) is 0 Å². The molecule has 1 fully saturated rings. The van der Waals surface area contributed by atoms with Gasteiger partial charge in [0, 0.05) is 44.2 Å². The largest absolute Gasteiger partial charge is 0.311 e. The molecule has 1 heterocycles. The van der Waals surface area contributed by atoms with Crippen LogP contribution in [0, 0.1) is 13.8 Å². The Bertz CT molecular complexity index is 353. The lowest BCUT2D eigenvalue weighted by Gasteiger charge is -2.26. The maximum absolute atomic E-state index is 3.55. The van der Waals surface area contributed by atoms with Gasteiger partial charge in [-0.2, -0.15) is 11.8 Å². The van der Waals surface area contributed by atoms with Gasteiger partial charge in [0.1, 0.15) is 0 Å². The van der Waals surface area contributed by atoms with E-state index in [1.807, 2.05) is 0 Å². The third-order valence-corrected chi connectivity index (χ3v) is 4.26. The van der Waals surface area contributed by atoms with Crippen molar-refractivity contribution in [1.82, 2.24) is 10.2 Å². The molecule has 0 spiro atoms. The lowest BCUT2D eigenvalue weighted by molar-refractivity contribution is 0.301. The number of hydrogen-bond acceptors (Lipinski definition) is 3. The zero-order valence-electron chi connectivity index (χ0n) is 11.5. The second-order valence-electron chi connectivity index (χ2n) is 5.13. The number of rotatable bonds is 5. The molecule has 1 saturated heterocycles. The highest BCUT2D eigenvalue weighted by Gasteiger charge is 2.08. The van der Waals surface area contributed by atoms with Crippen molar-refractivity contribution in [2.75, 3.05) is 37.7 Å². The SMILES string of the molecule is Cc1cc(C)cc(CNCCN2CCSCC2)c1. The number of thioether (sulfide) groups is 1. The van der Waals surface area contributed by atoms with Crippen LogP contribution in [0.15, 0.2) is 18.2 Å². The number of benzene rings is 1.